The fourth-order valence-electron chi connectivity index (χ4n) is 2.01. The van der Waals surface area contributed by atoms with Crippen LogP contribution >= 0.6 is 22.9 Å². The van der Waals surface area contributed by atoms with Crippen molar-refractivity contribution in [2.24, 2.45) is 0 Å². The zero-order valence-electron chi connectivity index (χ0n) is 11.0. The van der Waals surface area contributed by atoms with E-state index in [0.717, 1.165) is 27.2 Å². The first-order valence-electron chi connectivity index (χ1n) is 6.30. The molecule has 0 aliphatic rings. The average Bonchev–Trinajstić information content (AvgIpc) is 2.84. The van der Waals surface area contributed by atoms with Gasteiger partial charge in [-0.15, -0.1) is 11.3 Å². The molecule has 0 fully saturated rings. The van der Waals surface area contributed by atoms with Gasteiger partial charge in [-0.1, -0.05) is 23.7 Å². The maximum atomic E-state index is 5.86. The second kappa shape index (κ2) is 5.77. The zero-order valence-corrected chi connectivity index (χ0v) is 12.5. The van der Waals surface area contributed by atoms with Gasteiger partial charge in [0.25, 0.3) is 0 Å². The summed E-state index contributed by atoms with van der Waals surface area (Å²) in [5, 5.41) is 3.85. The Morgan fingerprint density at radius 1 is 1.20 bits per heavy atom. The van der Waals surface area contributed by atoms with Gasteiger partial charge in [0.2, 0.25) is 5.88 Å². The van der Waals surface area contributed by atoms with E-state index in [1.807, 2.05) is 31.2 Å². The van der Waals surface area contributed by atoms with Crippen LogP contribution in [0.1, 0.15) is 11.1 Å². The van der Waals surface area contributed by atoms with Gasteiger partial charge in [-0.25, -0.2) is 9.97 Å². The normalized spacial score (nSPS) is 10.9. The number of nitrogens with zero attached hydrogens (tertiary/aromatic N) is 2. The number of benzene rings is 1. The van der Waals surface area contributed by atoms with Gasteiger partial charge in [0, 0.05) is 11.4 Å². The number of fused-ring (bicyclic) bond motifs is 1. The Hall–Kier alpha value is -1.65. The summed E-state index contributed by atoms with van der Waals surface area (Å²) in [5.74, 6) is 0.669. The van der Waals surface area contributed by atoms with Crippen LogP contribution in [0.15, 0.2) is 36.0 Å². The number of hydrogen-bond acceptors (Lipinski definition) is 4. The van der Waals surface area contributed by atoms with Crippen molar-refractivity contribution in [2.45, 2.75) is 13.3 Å². The summed E-state index contributed by atoms with van der Waals surface area (Å²) in [6.45, 7) is 2.64. The highest BCUT2D eigenvalue weighted by Crippen LogP contribution is 2.29. The molecule has 0 bridgehead atoms. The van der Waals surface area contributed by atoms with Crippen molar-refractivity contribution in [3.8, 4) is 5.88 Å². The largest absolute Gasteiger partial charge is 0.477 e. The Labute approximate surface area is 126 Å². The molecule has 0 saturated heterocycles. The van der Waals surface area contributed by atoms with Crippen LogP contribution in [0.25, 0.3) is 10.2 Å². The molecule has 2 heterocycles. The maximum Gasteiger partial charge on any atom is 0.225 e. The van der Waals surface area contributed by atoms with E-state index in [-0.39, 0.29) is 0 Å². The Morgan fingerprint density at radius 2 is 2.00 bits per heavy atom. The highest BCUT2D eigenvalue weighted by Gasteiger charge is 2.09. The van der Waals surface area contributed by atoms with Gasteiger partial charge < -0.3 is 4.74 Å². The molecular weight excluding hydrogens is 292 g/mol. The predicted octanol–water partition coefficient (Wildman–Crippen LogP) is 4.27. The Bertz CT molecular complexity index is 724. The molecule has 0 spiro atoms. The predicted molar refractivity (Wildman–Crippen MR) is 82.8 cm³/mol. The molecule has 1 aromatic carbocycles. The third-order valence-corrected chi connectivity index (χ3v) is 4.32. The van der Waals surface area contributed by atoms with Crippen LogP contribution in [-0.2, 0) is 6.42 Å². The molecule has 102 valence electrons. The summed E-state index contributed by atoms with van der Waals surface area (Å²) in [4.78, 5) is 9.46. The molecule has 3 aromatic rings. The average molecular weight is 305 g/mol. The van der Waals surface area contributed by atoms with Crippen LogP contribution in [0, 0.1) is 6.92 Å². The number of aromatic nitrogens is 2. The standard InChI is InChI=1S/C15H13ClN2OS/c1-10-8-20-15-13(10)14(17-9-18-15)19-7-6-11-2-4-12(16)5-3-11/h2-5,8-9H,6-7H2,1H3. The summed E-state index contributed by atoms with van der Waals surface area (Å²) >= 11 is 7.48. The van der Waals surface area contributed by atoms with Crippen molar-refractivity contribution >= 4 is 33.2 Å². The van der Waals surface area contributed by atoms with Crippen molar-refractivity contribution in [2.75, 3.05) is 6.61 Å². The SMILES string of the molecule is Cc1csc2ncnc(OCCc3ccc(Cl)cc3)c12. The monoisotopic (exact) mass is 304 g/mol. The molecular formula is C15H13ClN2OS. The first kappa shape index (κ1) is 13.3. The minimum Gasteiger partial charge on any atom is -0.477 e. The highest BCUT2D eigenvalue weighted by molar-refractivity contribution is 7.17. The van der Waals surface area contributed by atoms with Crippen LogP contribution < -0.4 is 4.74 Å². The third-order valence-electron chi connectivity index (χ3n) is 3.06. The number of rotatable bonds is 4. The lowest BCUT2D eigenvalue weighted by Gasteiger charge is -2.07. The van der Waals surface area contributed by atoms with Gasteiger partial charge in [-0.05, 0) is 35.6 Å². The molecule has 0 saturated carbocycles. The molecule has 0 aliphatic carbocycles. The van der Waals surface area contributed by atoms with Crippen molar-refractivity contribution in [3.63, 3.8) is 0 Å². The van der Waals surface area contributed by atoms with E-state index < -0.39 is 0 Å². The lowest BCUT2D eigenvalue weighted by atomic mass is 10.2. The molecule has 0 radical (unpaired) electrons. The van der Waals surface area contributed by atoms with Gasteiger partial charge >= 0.3 is 0 Å². The maximum absolute atomic E-state index is 5.86. The van der Waals surface area contributed by atoms with E-state index >= 15 is 0 Å². The second-order valence-electron chi connectivity index (χ2n) is 4.50. The summed E-state index contributed by atoms with van der Waals surface area (Å²) in [7, 11) is 0. The van der Waals surface area contributed by atoms with E-state index in [1.165, 1.54) is 5.56 Å². The van der Waals surface area contributed by atoms with E-state index in [4.69, 9.17) is 16.3 Å². The summed E-state index contributed by atoms with van der Waals surface area (Å²) in [6.07, 6.45) is 2.38. The van der Waals surface area contributed by atoms with Crippen molar-refractivity contribution in [3.05, 3.63) is 52.1 Å². The van der Waals surface area contributed by atoms with Gasteiger partial charge in [0.1, 0.15) is 11.2 Å². The quantitative estimate of drug-likeness (QED) is 0.722. The third kappa shape index (κ3) is 2.76. The first-order valence-corrected chi connectivity index (χ1v) is 7.56. The molecule has 0 unspecified atom stereocenters. The minimum atomic E-state index is 0.586. The number of halogens is 1. The Morgan fingerprint density at radius 3 is 2.80 bits per heavy atom. The number of ether oxygens (including phenoxy) is 1. The summed E-state index contributed by atoms with van der Waals surface area (Å²) in [6, 6.07) is 7.81. The number of thiophene rings is 1. The van der Waals surface area contributed by atoms with Crippen LogP contribution in [0.4, 0.5) is 0 Å². The van der Waals surface area contributed by atoms with Gasteiger partial charge in [0.05, 0.1) is 12.0 Å². The van der Waals surface area contributed by atoms with E-state index in [0.29, 0.717) is 12.5 Å². The molecule has 0 atom stereocenters. The van der Waals surface area contributed by atoms with Crippen LogP contribution in [0.2, 0.25) is 5.02 Å². The van der Waals surface area contributed by atoms with E-state index in [9.17, 15) is 0 Å². The molecule has 3 rings (SSSR count). The van der Waals surface area contributed by atoms with Crippen molar-refractivity contribution < 1.29 is 4.74 Å². The topological polar surface area (TPSA) is 35.0 Å². The molecule has 3 nitrogen and oxygen atoms in total. The minimum absolute atomic E-state index is 0.586. The fraction of sp³-hybridized carbons (Fsp3) is 0.200. The number of hydrogen-bond donors (Lipinski definition) is 0. The molecule has 5 heteroatoms. The Kier molecular flexibility index (Phi) is 3.85. The summed E-state index contributed by atoms with van der Waals surface area (Å²) < 4.78 is 5.82. The smallest absolute Gasteiger partial charge is 0.225 e. The van der Waals surface area contributed by atoms with Gasteiger partial charge in [-0.3, -0.25) is 0 Å². The lowest BCUT2D eigenvalue weighted by Crippen LogP contribution is -2.03. The van der Waals surface area contributed by atoms with Crippen LogP contribution in [0.3, 0.4) is 0 Å². The lowest BCUT2D eigenvalue weighted by molar-refractivity contribution is 0.313. The Balaban J connectivity index is 1.71. The molecule has 2 aromatic heterocycles. The van der Waals surface area contributed by atoms with Crippen LogP contribution in [0.5, 0.6) is 5.88 Å². The van der Waals surface area contributed by atoms with E-state index in [2.05, 4.69) is 15.3 Å². The van der Waals surface area contributed by atoms with Crippen molar-refractivity contribution in [1.82, 2.24) is 9.97 Å². The van der Waals surface area contributed by atoms with Gasteiger partial charge in [-0.2, -0.15) is 0 Å². The molecule has 0 amide bonds. The first-order chi connectivity index (χ1) is 9.74. The fourth-order valence-corrected chi connectivity index (χ4v) is 3.02. The molecule has 0 aliphatic heterocycles. The zero-order chi connectivity index (χ0) is 13.9. The number of aryl methyl sites for hydroxylation is 1. The molecule has 20 heavy (non-hydrogen) atoms. The summed E-state index contributed by atoms with van der Waals surface area (Å²) in [5.41, 5.74) is 2.36. The van der Waals surface area contributed by atoms with Gasteiger partial charge in [0.15, 0.2) is 0 Å². The molecule has 0 N–H and O–H groups in total. The van der Waals surface area contributed by atoms with Crippen LogP contribution in [-0.4, -0.2) is 16.6 Å². The van der Waals surface area contributed by atoms with Crippen molar-refractivity contribution in [1.29, 1.82) is 0 Å². The van der Waals surface area contributed by atoms with E-state index in [1.54, 1.807) is 17.7 Å². The second-order valence-corrected chi connectivity index (χ2v) is 5.80. The highest BCUT2D eigenvalue weighted by atomic mass is 35.5.